The zero-order valence-electron chi connectivity index (χ0n) is 13.5. The number of hydrogen-bond donors (Lipinski definition) is 0. The lowest BCUT2D eigenvalue weighted by atomic mass is 10.0. The maximum atomic E-state index is 12.3. The maximum Gasteiger partial charge on any atom is 0.253 e. The van der Waals surface area contributed by atoms with Gasteiger partial charge in [-0.3, -0.25) is 9.59 Å². The minimum atomic E-state index is 0.0234. The van der Waals surface area contributed by atoms with Gasteiger partial charge in [-0.2, -0.15) is 0 Å². The van der Waals surface area contributed by atoms with Crippen molar-refractivity contribution in [2.24, 2.45) is 0 Å². The van der Waals surface area contributed by atoms with Crippen molar-refractivity contribution in [1.82, 2.24) is 4.90 Å². The number of hydrogen-bond acceptors (Lipinski definition) is 3. The van der Waals surface area contributed by atoms with E-state index in [0.29, 0.717) is 24.4 Å². The predicted molar refractivity (Wildman–Crippen MR) is 90.7 cm³/mol. The SMILES string of the molecule is CCN(CC)C(=O)c1ccc(-c2ccccc2OCC=O)cc1. The van der Waals surface area contributed by atoms with Gasteiger partial charge in [0.1, 0.15) is 12.4 Å². The Labute approximate surface area is 136 Å². The van der Waals surface area contributed by atoms with Gasteiger partial charge in [0.05, 0.1) is 0 Å². The summed E-state index contributed by atoms with van der Waals surface area (Å²) >= 11 is 0. The number of nitrogens with zero attached hydrogens (tertiary/aromatic N) is 1. The first-order valence-electron chi connectivity index (χ1n) is 7.76. The van der Waals surface area contributed by atoms with Crippen LogP contribution in [-0.2, 0) is 4.79 Å². The summed E-state index contributed by atoms with van der Waals surface area (Å²) in [4.78, 5) is 24.6. The fourth-order valence-electron chi connectivity index (χ4n) is 2.44. The number of aldehydes is 1. The van der Waals surface area contributed by atoms with Crippen LogP contribution in [0.3, 0.4) is 0 Å². The standard InChI is InChI=1S/C19H21NO3/c1-3-20(4-2)19(22)16-11-9-15(10-12-16)17-7-5-6-8-18(17)23-14-13-21/h5-13H,3-4,14H2,1-2H3. The molecule has 2 aromatic carbocycles. The van der Waals surface area contributed by atoms with Gasteiger partial charge in [0.2, 0.25) is 0 Å². The fourth-order valence-corrected chi connectivity index (χ4v) is 2.44. The van der Waals surface area contributed by atoms with E-state index in [1.54, 1.807) is 4.90 Å². The highest BCUT2D eigenvalue weighted by Gasteiger charge is 2.13. The molecule has 0 heterocycles. The normalized spacial score (nSPS) is 10.2. The summed E-state index contributed by atoms with van der Waals surface area (Å²) in [7, 11) is 0. The van der Waals surface area contributed by atoms with E-state index in [0.717, 1.165) is 17.4 Å². The Morgan fingerprint density at radius 1 is 1.04 bits per heavy atom. The maximum absolute atomic E-state index is 12.3. The van der Waals surface area contributed by atoms with Crippen molar-refractivity contribution in [2.45, 2.75) is 13.8 Å². The Bertz CT molecular complexity index is 661. The van der Waals surface area contributed by atoms with E-state index in [9.17, 15) is 9.59 Å². The van der Waals surface area contributed by atoms with Gasteiger partial charge in [0.15, 0.2) is 6.29 Å². The van der Waals surface area contributed by atoms with Crippen molar-refractivity contribution in [3.63, 3.8) is 0 Å². The van der Waals surface area contributed by atoms with Crippen LogP contribution in [0, 0.1) is 0 Å². The van der Waals surface area contributed by atoms with E-state index in [1.807, 2.05) is 62.4 Å². The van der Waals surface area contributed by atoms with Crippen molar-refractivity contribution >= 4 is 12.2 Å². The molecule has 0 radical (unpaired) electrons. The second kappa shape index (κ2) is 8.13. The molecule has 1 amide bonds. The number of rotatable bonds is 7. The molecule has 0 fully saturated rings. The number of para-hydroxylation sites is 1. The van der Waals surface area contributed by atoms with Crippen LogP contribution in [0.1, 0.15) is 24.2 Å². The monoisotopic (exact) mass is 311 g/mol. The third kappa shape index (κ3) is 3.97. The topological polar surface area (TPSA) is 46.6 Å². The first-order valence-corrected chi connectivity index (χ1v) is 7.76. The lowest BCUT2D eigenvalue weighted by Gasteiger charge is -2.18. The van der Waals surface area contributed by atoms with Gasteiger partial charge in [-0.25, -0.2) is 0 Å². The average Bonchev–Trinajstić information content (AvgIpc) is 2.61. The zero-order valence-corrected chi connectivity index (χ0v) is 13.5. The molecule has 0 atom stereocenters. The Morgan fingerprint density at radius 2 is 1.70 bits per heavy atom. The second-order valence-electron chi connectivity index (χ2n) is 5.03. The van der Waals surface area contributed by atoms with Gasteiger partial charge in [-0.15, -0.1) is 0 Å². The number of carbonyl (C=O) groups is 2. The summed E-state index contributed by atoms with van der Waals surface area (Å²) in [6.45, 7) is 5.35. The molecule has 0 N–H and O–H groups in total. The van der Waals surface area contributed by atoms with Crippen LogP contribution in [0.5, 0.6) is 5.75 Å². The quantitative estimate of drug-likeness (QED) is 0.736. The highest BCUT2D eigenvalue weighted by atomic mass is 16.5. The molecular weight excluding hydrogens is 290 g/mol. The minimum absolute atomic E-state index is 0.0234. The molecule has 0 saturated carbocycles. The average molecular weight is 311 g/mol. The Kier molecular flexibility index (Phi) is 5.92. The first-order chi connectivity index (χ1) is 11.2. The highest BCUT2D eigenvalue weighted by Crippen LogP contribution is 2.30. The van der Waals surface area contributed by atoms with Crippen LogP contribution in [0.4, 0.5) is 0 Å². The van der Waals surface area contributed by atoms with Gasteiger partial charge in [-0.1, -0.05) is 30.3 Å². The summed E-state index contributed by atoms with van der Waals surface area (Å²) < 4.78 is 5.45. The van der Waals surface area contributed by atoms with Gasteiger partial charge >= 0.3 is 0 Å². The van der Waals surface area contributed by atoms with Crippen LogP contribution < -0.4 is 4.74 Å². The number of amides is 1. The molecule has 2 rings (SSSR count). The summed E-state index contributed by atoms with van der Waals surface area (Å²) in [5, 5.41) is 0. The lowest BCUT2D eigenvalue weighted by Crippen LogP contribution is -2.30. The van der Waals surface area contributed by atoms with Crippen molar-refractivity contribution in [1.29, 1.82) is 0 Å². The lowest BCUT2D eigenvalue weighted by molar-refractivity contribution is -0.109. The number of carbonyl (C=O) groups excluding carboxylic acids is 2. The molecule has 2 aromatic rings. The molecule has 4 heteroatoms. The molecule has 0 spiro atoms. The third-order valence-corrected chi connectivity index (χ3v) is 3.69. The predicted octanol–water partition coefficient (Wildman–Crippen LogP) is 3.41. The second-order valence-corrected chi connectivity index (χ2v) is 5.03. The summed E-state index contributed by atoms with van der Waals surface area (Å²) in [6.07, 6.45) is 0.725. The van der Waals surface area contributed by atoms with Crippen LogP contribution >= 0.6 is 0 Å². The van der Waals surface area contributed by atoms with E-state index in [2.05, 4.69) is 0 Å². The molecule has 0 bridgehead atoms. The summed E-state index contributed by atoms with van der Waals surface area (Å²) in [6, 6.07) is 15.0. The molecule has 0 aliphatic rings. The molecule has 0 saturated heterocycles. The van der Waals surface area contributed by atoms with Crippen molar-refractivity contribution in [3.8, 4) is 16.9 Å². The fraction of sp³-hybridized carbons (Fsp3) is 0.263. The summed E-state index contributed by atoms with van der Waals surface area (Å²) in [5.41, 5.74) is 2.52. The Morgan fingerprint density at radius 3 is 2.30 bits per heavy atom. The number of ether oxygens (including phenoxy) is 1. The van der Waals surface area contributed by atoms with Crippen LogP contribution in [0.2, 0.25) is 0 Å². The largest absolute Gasteiger partial charge is 0.486 e. The van der Waals surface area contributed by atoms with Gasteiger partial charge in [-0.05, 0) is 37.6 Å². The molecule has 23 heavy (non-hydrogen) atoms. The van der Waals surface area contributed by atoms with Crippen LogP contribution in [-0.4, -0.2) is 36.8 Å². The smallest absolute Gasteiger partial charge is 0.253 e. The van der Waals surface area contributed by atoms with E-state index >= 15 is 0 Å². The number of benzene rings is 2. The van der Waals surface area contributed by atoms with E-state index in [4.69, 9.17) is 4.74 Å². The molecule has 120 valence electrons. The van der Waals surface area contributed by atoms with Crippen LogP contribution in [0.25, 0.3) is 11.1 Å². The Hall–Kier alpha value is -2.62. The van der Waals surface area contributed by atoms with E-state index in [1.165, 1.54) is 0 Å². The highest BCUT2D eigenvalue weighted by molar-refractivity contribution is 5.94. The van der Waals surface area contributed by atoms with Crippen LogP contribution in [0.15, 0.2) is 48.5 Å². The van der Waals surface area contributed by atoms with E-state index < -0.39 is 0 Å². The molecule has 4 nitrogen and oxygen atoms in total. The molecule has 0 aliphatic carbocycles. The zero-order chi connectivity index (χ0) is 16.7. The first kappa shape index (κ1) is 16.7. The van der Waals surface area contributed by atoms with Crippen molar-refractivity contribution in [3.05, 3.63) is 54.1 Å². The van der Waals surface area contributed by atoms with Gasteiger partial charge in [0.25, 0.3) is 5.91 Å². The minimum Gasteiger partial charge on any atom is -0.486 e. The molecule has 0 aromatic heterocycles. The van der Waals surface area contributed by atoms with E-state index in [-0.39, 0.29) is 12.5 Å². The third-order valence-electron chi connectivity index (χ3n) is 3.69. The molecule has 0 unspecified atom stereocenters. The van der Waals surface area contributed by atoms with Gasteiger partial charge in [0, 0.05) is 24.2 Å². The summed E-state index contributed by atoms with van der Waals surface area (Å²) in [5.74, 6) is 0.689. The molecule has 0 aliphatic heterocycles. The van der Waals surface area contributed by atoms with Crippen molar-refractivity contribution in [2.75, 3.05) is 19.7 Å². The molecular formula is C19H21NO3. The van der Waals surface area contributed by atoms with Crippen molar-refractivity contribution < 1.29 is 14.3 Å². The Balaban J connectivity index is 2.26. The van der Waals surface area contributed by atoms with Gasteiger partial charge < -0.3 is 9.64 Å².